The van der Waals surface area contributed by atoms with Gasteiger partial charge < -0.3 is 24.3 Å². The lowest BCUT2D eigenvalue weighted by atomic mass is 9.81. The van der Waals surface area contributed by atoms with Crippen LogP contribution in [-0.4, -0.2) is 51.9 Å². The highest BCUT2D eigenvalue weighted by molar-refractivity contribution is 7.52. The summed E-state index contributed by atoms with van der Waals surface area (Å²) in [6.45, 7) is 3.63. The smallest absolute Gasteiger partial charge is 0.459 e. The molecule has 5 rings (SSSR count). The SMILES string of the molecule is CCOC(=O)[C@H](C)NP(=O)(OCC1CC(n2cnc3c(OC)nc(N)nc32)C1)Oc1cccc2ccccc12. The molecule has 1 unspecified atom stereocenters. The number of hydrogen-bond acceptors (Lipinski definition) is 10. The molecule has 2 aromatic heterocycles. The third-order valence-electron chi connectivity index (χ3n) is 6.64. The highest BCUT2D eigenvalue weighted by atomic mass is 31.2. The van der Waals surface area contributed by atoms with Gasteiger partial charge in [-0.3, -0.25) is 9.32 Å². The first-order valence-electron chi connectivity index (χ1n) is 12.7. The Kier molecular flexibility index (Phi) is 7.69. The second-order valence-corrected chi connectivity index (χ2v) is 11.1. The molecule has 2 heterocycles. The van der Waals surface area contributed by atoms with E-state index in [1.807, 2.05) is 41.0 Å². The number of benzene rings is 2. The Bertz CT molecular complexity index is 1530. The monoisotopic (exact) mass is 554 g/mol. The minimum atomic E-state index is -3.97. The van der Waals surface area contributed by atoms with Crippen LogP contribution in [0.5, 0.6) is 11.6 Å². The van der Waals surface area contributed by atoms with Crippen molar-refractivity contribution in [2.45, 2.75) is 38.8 Å². The summed E-state index contributed by atoms with van der Waals surface area (Å²) in [5, 5.41) is 4.46. The lowest BCUT2D eigenvalue weighted by Crippen LogP contribution is -2.36. The summed E-state index contributed by atoms with van der Waals surface area (Å²) in [5.41, 5.74) is 6.97. The van der Waals surface area contributed by atoms with Crippen LogP contribution in [0.2, 0.25) is 0 Å². The standard InChI is InChI=1S/C26H31N6O6P/c1-4-36-25(33)16(2)31-39(34,38-21-11-7-9-18-8-5-6-10-20(18)21)37-14-17-12-19(13-17)32-15-28-22-23(32)29-26(27)30-24(22)35-3/h5-11,15-17,19H,4,12-14H2,1-3H3,(H,31,34)(H2,27,29,30)/t16-,17?,19?,39?/m0/s1. The van der Waals surface area contributed by atoms with Crippen LogP contribution in [0, 0.1) is 5.92 Å². The van der Waals surface area contributed by atoms with Crippen LogP contribution in [-0.2, 0) is 18.6 Å². The molecule has 0 saturated heterocycles. The molecule has 206 valence electrons. The molecular formula is C26H31N6O6P. The molecule has 3 N–H and O–H groups in total. The molecule has 1 fully saturated rings. The molecule has 0 amide bonds. The summed E-state index contributed by atoms with van der Waals surface area (Å²) in [5.74, 6) is 0.368. The number of nitrogens with zero attached hydrogens (tertiary/aromatic N) is 4. The molecule has 1 aliphatic rings. The van der Waals surface area contributed by atoms with E-state index in [0.29, 0.717) is 22.8 Å². The van der Waals surface area contributed by atoms with Crippen LogP contribution in [0.25, 0.3) is 21.9 Å². The summed E-state index contributed by atoms with van der Waals surface area (Å²) in [7, 11) is -2.47. The molecule has 4 aromatic rings. The Morgan fingerprint density at radius 3 is 2.74 bits per heavy atom. The molecule has 1 saturated carbocycles. The third-order valence-corrected chi connectivity index (χ3v) is 8.27. The van der Waals surface area contributed by atoms with Gasteiger partial charge in [0.2, 0.25) is 11.8 Å². The number of rotatable bonds is 11. The number of ether oxygens (including phenoxy) is 2. The largest absolute Gasteiger partial charge is 0.479 e. The number of imidazole rings is 1. The van der Waals surface area contributed by atoms with Crippen molar-refractivity contribution in [3.8, 4) is 11.6 Å². The fourth-order valence-electron chi connectivity index (χ4n) is 4.64. The summed E-state index contributed by atoms with van der Waals surface area (Å²) in [6.07, 6.45) is 3.17. The van der Waals surface area contributed by atoms with Gasteiger partial charge in [0.15, 0.2) is 11.2 Å². The maximum Gasteiger partial charge on any atom is 0.459 e. The van der Waals surface area contributed by atoms with E-state index < -0.39 is 19.8 Å². The summed E-state index contributed by atoms with van der Waals surface area (Å²) in [4.78, 5) is 25.1. The highest BCUT2D eigenvalue weighted by Crippen LogP contribution is 2.49. The van der Waals surface area contributed by atoms with E-state index in [4.69, 9.17) is 24.3 Å². The lowest BCUT2D eigenvalue weighted by Gasteiger charge is -2.36. The van der Waals surface area contributed by atoms with Crippen molar-refractivity contribution >= 4 is 41.6 Å². The van der Waals surface area contributed by atoms with Gasteiger partial charge in [0.1, 0.15) is 11.8 Å². The fourth-order valence-corrected chi connectivity index (χ4v) is 6.22. The second kappa shape index (κ2) is 11.2. The van der Waals surface area contributed by atoms with Gasteiger partial charge in [-0.1, -0.05) is 36.4 Å². The number of esters is 1. The minimum absolute atomic E-state index is 0.0951. The van der Waals surface area contributed by atoms with Gasteiger partial charge in [0.05, 0.1) is 26.7 Å². The predicted molar refractivity (Wildman–Crippen MR) is 145 cm³/mol. The predicted octanol–water partition coefficient (Wildman–Crippen LogP) is 4.27. The van der Waals surface area contributed by atoms with E-state index in [0.717, 1.165) is 23.6 Å². The first-order chi connectivity index (χ1) is 18.8. The minimum Gasteiger partial charge on any atom is -0.479 e. The van der Waals surface area contributed by atoms with Crippen molar-refractivity contribution in [1.82, 2.24) is 24.6 Å². The van der Waals surface area contributed by atoms with Crippen LogP contribution in [0.3, 0.4) is 0 Å². The Morgan fingerprint density at radius 1 is 1.21 bits per heavy atom. The molecule has 13 heteroatoms. The molecule has 2 aromatic carbocycles. The van der Waals surface area contributed by atoms with Gasteiger partial charge in [-0.2, -0.15) is 15.1 Å². The van der Waals surface area contributed by atoms with Crippen molar-refractivity contribution in [2.24, 2.45) is 5.92 Å². The Morgan fingerprint density at radius 2 is 1.97 bits per heavy atom. The molecule has 12 nitrogen and oxygen atoms in total. The molecule has 0 bridgehead atoms. The van der Waals surface area contributed by atoms with E-state index in [1.165, 1.54) is 7.11 Å². The maximum atomic E-state index is 14.0. The molecular weight excluding hydrogens is 523 g/mol. The topological polar surface area (TPSA) is 153 Å². The molecule has 1 aliphatic carbocycles. The second-order valence-electron chi connectivity index (χ2n) is 9.37. The van der Waals surface area contributed by atoms with E-state index >= 15 is 0 Å². The molecule has 0 spiro atoms. The average molecular weight is 555 g/mol. The Balaban J connectivity index is 1.30. The van der Waals surface area contributed by atoms with E-state index in [2.05, 4.69) is 20.0 Å². The maximum absolute atomic E-state index is 14.0. The molecule has 39 heavy (non-hydrogen) atoms. The number of fused-ring (bicyclic) bond motifs is 2. The zero-order chi connectivity index (χ0) is 27.6. The number of methoxy groups -OCH3 is 1. The van der Waals surface area contributed by atoms with Crippen LogP contribution >= 0.6 is 7.75 Å². The average Bonchev–Trinajstić information content (AvgIpc) is 3.31. The summed E-state index contributed by atoms with van der Waals surface area (Å²) < 4.78 is 38.2. The number of nitrogens with two attached hydrogens (primary N) is 1. The van der Waals surface area contributed by atoms with Crippen LogP contribution in [0.4, 0.5) is 5.95 Å². The van der Waals surface area contributed by atoms with Gasteiger partial charge in [-0.05, 0) is 44.1 Å². The zero-order valence-corrected chi connectivity index (χ0v) is 22.8. The number of nitrogen functional groups attached to an aromatic ring is 1. The highest BCUT2D eigenvalue weighted by Gasteiger charge is 2.37. The van der Waals surface area contributed by atoms with E-state index in [1.54, 1.807) is 26.2 Å². The molecule has 0 aliphatic heterocycles. The van der Waals surface area contributed by atoms with Gasteiger partial charge in [-0.15, -0.1) is 0 Å². The number of hydrogen-bond donors (Lipinski definition) is 2. The lowest BCUT2D eigenvalue weighted by molar-refractivity contribution is -0.144. The number of carbonyl (C=O) groups excluding carboxylic acids is 1. The van der Waals surface area contributed by atoms with Crippen LogP contribution in [0.1, 0.15) is 32.7 Å². The number of carbonyl (C=O) groups is 1. The van der Waals surface area contributed by atoms with Gasteiger partial charge in [0, 0.05) is 11.4 Å². The van der Waals surface area contributed by atoms with Crippen molar-refractivity contribution in [2.75, 3.05) is 26.1 Å². The van der Waals surface area contributed by atoms with Crippen molar-refractivity contribution < 1.29 is 27.9 Å². The first-order valence-corrected chi connectivity index (χ1v) is 14.2. The number of nitrogens with one attached hydrogen (secondary N) is 1. The summed E-state index contributed by atoms with van der Waals surface area (Å²) in [6, 6.07) is 12.3. The van der Waals surface area contributed by atoms with E-state index in [-0.39, 0.29) is 31.1 Å². The normalized spacial score (nSPS) is 19.3. The quantitative estimate of drug-likeness (QED) is 0.202. The van der Waals surface area contributed by atoms with Gasteiger partial charge in [0.25, 0.3) is 0 Å². The Hall–Kier alpha value is -3.73. The van der Waals surface area contributed by atoms with Gasteiger partial charge in [-0.25, -0.2) is 9.55 Å². The molecule has 0 radical (unpaired) electrons. The molecule has 2 atom stereocenters. The van der Waals surface area contributed by atoms with Crippen molar-refractivity contribution in [3.05, 3.63) is 48.8 Å². The van der Waals surface area contributed by atoms with Gasteiger partial charge >= 0.3 is 13.7 Å². The Labute approximate surface area is 225 Å². The third kappa shape index (κ3) is 5.68. The zero-order valence-electron chi connectivity index (χ0n) is 21.9. The first kappa shape index (κ1) is 26.9. The van der Waals surface area contributed by atoms with Crippen molar-refractivity contribution in [3.63, 3.8) is 0 Å². The fraction of sp³-hybridized carbons (Fsp3) is 0.385. The van der Waals surface area contributed by atoms with Crippen molar-refractivity contribution in [1.29, 1.82) is 0 Å². The van der Waals surface area contributed by atoms with E-state index in [9.17, 15) is 9.36 Å². The number of aromatic nitrogens is 4. The van der Waals surface area contributed by atoms with Crippen LogP contribution < -0.4 is 20.1 Å². The van der Waals surface area contributed by atoms with Crippen LogP contribution in [0.15, 0.2) is 48.8 Å². The number of anilines is 1. The summed E-state index contributed by atoms with van der Waals surface area (Å²) >= 11 is 0.